The maximum atomic E-state index is 12.9. The van der Waals surface area contributed by atoms with Gasteiger partial charge in [-0.2, -0.15) is 0 Å². The zero-order valence-corrected chi connectivity index (χ0v) is 15.4. The zero-order valence-electron chi connectivity index (χ0n) is 15.4. The summed E-state index contributed by atoms with van der Waals surface area (Å²) < 4.78 is 0. The molecule has 0 N–H and O–H groups in total. The van der Waals surface area contributed by atoms with E-state index in [-0.39, 0.29) is 24.2 Å². The molecule has 27 heavy (non-hydrogen) atoms. The predicted molar refractivity (Wildman–Crippen MR) is 102 cm³/mol. The van der Waals surface area contributed by atoms with E-state index in [2.05, 4.69) is 14.9 Å². The Kier molecular flexibility index (Phi) is 4.75. The average molecular weight is 365 g/mol. The molecule has 0 aliphatic carbocycles. The first kappa shape index (κ1) is 17.5. The summed E-state index contributed by atoms with van der Waals surface area (Å²) in [6.45, 7) is 5.13. The number of anilines is 2. The molecule has 1 aromatic heterocycles. The molecule has 2 aromatic rings. The number of para-hydroxylation sites is 1. The molecular formula is C20H23N5O2. The number of carbonyl (C=O) groups is 2. The van der Waals surface area contributed by atoms with Crippen LogP contribution in [0.5, 0.6) is 0 Å². The summed E-state index contributed by atoms with van der Waals surface area (Å²) in [6.07, 6.45) is 3.74. The smallest absolute Gasteiger partial charge is 0.228 e. The number of nitrogens with zero attached hydrogens (tertiary/aromatic N) is 5. The van der Waals surface area contributed by atoms with Gasteiger partial charge in [0.15, 0.2) is 0 Å². The van der Waals surface area contributed by atoms with Gasteiger partial charge in [0.2, 0.25) is 17.8 Å². The van der Waals surface area contributed by atoms with Crippen molar-refractivity contribution in [2.45, 2.75) is 13.3 Å². The van der Waals surface area contributed by atoms with Gasteiger partial charge in [0.25, 0.3) is 0 Å². The minimum absolute atomic E-state index is 0.0268. The van der Waals surface area contributed by atoms with Crippen molar-refractivity contribution >= 4 is 23.5 Å². The van der Waals surface area contributed by atoms with Gasteiger partial charge in [-0.25, -0.2) is 9.97 Å². The lowest BCUT2D eigenvalue weighted by atomic mass is 10.1. The van der Waals surface area contributed by atoms with Crippen molar-refractivity contribution in [1.29, 1.82) is 0 Å². The maximum Gasteiger partial charge on any atom is 0.228 e. The highest BCUT2D eigenvalue weighted by atomic mass is 16.2. The zero-order chi connectivity index (χ0) is 18.8. The van der Waals surface area contributed by atoms with Crippen LogP contribution in [-0.4, -0.2) is 59.4 Å². The van der Waals surface area contributed by atoms with Gasteiger partial charge in [0.1, 0.15) is 0 Å². The molecule has 4 rings (SSSR count). The molecule has 0 saturated carbocycles. The van der Waals surface area contributed by atoms with E-state index >= 15 is 0 Å². The Morgan fingerprint density at radius 1 is 1.04 bits per heavy atom. The summed E-state index contributed by atoms with van der Waals surface area (Å²) >= 11 is 0. The third-order valence-corrected chi connectivity index (χ3v) is 5.31. The number of aromatic nitrogens is 2. The molecule has 2 amide bonds. The number of amides is 2. The summed E-state index contributed by atoms with van der Waals surface area (Å²) in [5.41, 5.74) is 1.96. The molecule has 2 saturated heterocycles. The fraction of sp³-hybridized carbons (Fsp3) is 0.400. The molecule has 0 spiro atoms. The Morgan fingerprint density at radius 2 is 1.74 bits per heavy atom. The summed E-state index contributed by atoms with van der Waals surface area (Å²) in [5.74, 6) is 0.537. The van der Waals surface area contributed by atoms with Crippen LogP contribution in [-0.2, 0) is 9.59 Å². The van der Waals surface area contributed by atoms with Crippen molar-refractivity contribution < 1.29 is 9.59 Å². The second-order valence-electron chi connectivity index (χ2n) is 7.05. The minimum Gasteiger partial charge on any atom is -0.339 e. The molecule has 1 unspecified atom stereocenters. The van der Waals surface area contributed by atoms with Crippen molar-refractivity contribution in [2.75, 3.05) is 42.5 Å². The number of carbonyl (C=O) groups excluding carboxylic acids is 2. The average Bonchev–Trinajstić information content (AvgIpc) is 3.10. The standard InChI is InChI=1S/C20H23N5O2/c1-15-5-2-3-6-17(15)25-14-16(13-18(25)26)19(27)23-9-11-24(12-10-23)20-21-7-4-8-22-20/h2-8,16H,9-14H2,1H3. The highest BCUT2D eigenvalue weighted by molar-refractivity contribution is 6.00. The predicted octanol–water partition coefficient (Wildman–Crippen LogP) is 1.49. The van der Waals surface area contributed by atoms with Crippen LogP contribution >= 0.6 is 0 Å². The van der Waals surface area contributed by atoms with Crippen molar-refractivity contribution in [3.8, 4) is 0 Å². The van der Waals surface area contributed by atoms with Gasteiger partial charge in [-0.05, 0) is 24.6 Å². The van der Waals surface area contributed by atoms with Crippen LogP contribution in [0.3, 0.4) is 0 Å². The fourth-order valence-corrected chi connectivity index (χ4v) is 3.81. The van der Waals surface area contributed by atoms with E-state index in [4.69, 9.17) is 0 Å². The van der Waals surface area contributed by atoms with Gasteiger partial charge in [-0.15, -0.1) is 0 Å². The van der Waals surface area contributed by atoms with E-state index < -0.39 is 0 Å². The van der Waals surface area contributed by atoms with Crippen molar-refractivity contribution in [3.63, 3.8) is 0 Å². The molecule has 2 fully saturated rings. The van der Waals surface area contributed by atoms with Gasteiger partial charge in [0, 0.05) is 57.2 Å². The summed E-state index contributed by atoms with van der Waals surface area (Å²) in [6, 6.07) is 9.61. The highest BCUT2D eigenvalue weighted by Crippen LogP contribution is 2.29. The second kappa shape index (κ2) is 7.34. The quantitative estimate of drug-likeness (QED) is 0.824. The van der Waals surface area contributed by atoms with E-state index in [1.54, 1.807) is 23.4 Å². The number of aryl methyl sites for hydroxylation is 1. The number of hydrogen-bond acceptors (Lipinski definition) is 5. The number of rotatable bonds is 3. The van der Waals surface area contributed by atoms with E-state index in [0.29, 0.717) is 38.7 Å². The lowest BCUT2D eigenvalue weighted by Crippen LogP contribution is -2.51. The van der Waals surface area contributed by atoms with Crippen molar-refractivity contribution in [2.24, 2.45) is 5.92 Å². The molecule has 1 aromatic carbocycles. The third kappa shape index (κ3) is 3.49. The number of benzene rings is 1. The first-order valence-corrected chi connectivity index (χ1v) is 9.30. The highest BCUT2D eigenvalue weighted by Gasteiger charge is 2.38. The van der Waals surface area contributed by atoms with Crippen LogP contribution in [0.2, 0.25) is 0 Å². The van der Waals surface area contributed by atoms with Crippen LogP contribution < -0.4 is 9.80 Å². The van der Waals surface area contributed by atoms with Gasteiger partial charge in [-0.3, -0.25) is 9.59 Å². The Balaban J connectivity index is 1.38. The van der Waals surface area contributed by atoms with E-state index in [1.165, 1.54) is 0 Å². The SMILES string of the molecule is Cc1ccccc1N1CC(C(=O)N2CCN(c3ncccn3)CC2)CC1=O. The van der Waals surface area contributed by atoms with E-state index in [9.17, 15) is 9.59 Å². The van der Waals surface area contributed by atoms with Gasteiger partial charge in [-0.1, -0.05) is 18.2 Å². The third-order valence-electron chi connectivity index (χ3n) is 5.31. The second-order valence-corrected chi connectivity index (χ2v) is 7.05. The summed E-state index contributed by atoms with van der Waals surface area (Å²) in [5, 5.41) is 0. The molecule has 7 heteroatoms. The number of piperazine rings is 1. The van der Waals surface area contributed by atoms with E-state index in [0.717, 1.165) is 11.3 Å². The summed E-state index contributed by atoms with van der Waals surface area (Å²) in [7, 11) is 0. The van der Waals surface area contributed by atoms with Crippen LogP contribution in [0.1, 0.15) is 12.0 Å². The Bertz CT molecular complexity index is 833. The number of hydrogen-bond donors (Lipinski definition) is 0. The molecule has 2 aliphatic heterocycles. The first-order valence-electron chi connectivity index (χ1n) is 9.30. The fourth-order valence-electron chi connectivity index (χ4n) is 3.81. The Morgan fingerprint density at radius 3 is 2.44 bits per heavy atom. The lowest BCUT2D eigenvalue weighted by Gasteiger charge is -2.35. The monoisotopic (exact) mass is 365 g/mol. The van der Waals surface area contributed by atoms with Gasteiger partial charge < -0.3 is 14.7 Å². The lowest BCUT2D eigenvalue weighted by molar-refractivity contribution is -0.136. The Hall–Kier alpha value is -2.96. The summed E-state index contributed by atoms with van der Waals surface area (Å²) in [4.78, 5) is 39.7. The van der Waals surface area contributed by atoms with Crippen molar-refractivity contribution in [1.82, 2.24) is 14.9 Å². The normalized spacial score (nSPS) is 20.3. The van der Waals surface area contributed by atoms with Gasteiger partial charge >= 0.3 is 0 Å². The molecule has 1 atom stereocenters. The van der Waals surface area contributed by atoms with E-state index in [1.807, 2.05) is 36.1 Å². The molecule has 0 radical (unpaired) electrons. The molecular weight excluding hydrogens is 342 g/mol. The molecule has 3 heterocycles. The molecule has 0 bridgehead atoms. The molecule has 140 valence electrons. The first-order chi connectivity index (χ1) is 13.1. The van der Waals surface area contributed by atoms with Crippen LogP contribution in [0.25, 0.3) is 0 Å². The topological polar surface area (TPSA) is 69.6 Å². The molecule has 7 nitrogen and oxygen atoms in total. The Labute approximate surface area is 158 Å². The minimum atomic E-state index is -0.267. The van der Waals surface area contributed by atoms with Crippen molar-refractivity contribution in [3.05, 3.63) is 48.3 Å². The maximum absolute atomic E-state index is 12.9. The largest absolute Gasteiger partial charge is 0.339 e. The molecule has 2 aliphatic rings. The van der Waals surface area contributed by atoms with Gasteiger partial charge in [0.05, 0.1) is 5.92 Å². The van der Waals surface area contributed by atoms with Crippen LogP contribution in [0.4, 0.5) is 11.6 Å². The van der Waals surface area contributed by atoms with Crippen LogP contribution in [0.15, 0.2) is 42.7 Å². The van der Waals surface area contributed by atoms with Crippen LogP contribution in [0, 0.1) is 12.8 Å².